The molecule has 3 N–H and O–H groups in total. The predicted molar refractivity (Wildman–Crippen MR) is 65.3 cm³/mol. The van der Waals surface area contributed by atoms with E-state index in [-0.39, 0.29) is 11.9 Å². The summed E-state index contributed by atoms with van der Waals surface area (Å²) in [7, 11) is 0. The minimum absolute atomic E-state index is 0.250. The highest BCUT2D eigenvalue weighted by Crippen LogP contribution is 2.23. The normalized spacial score (nSPS) is 20.2. The number of rotatable bonds is 3. The van der Waals surface area contributed by atoms with Gasteiger partial charge in [0.1, 0.15) is 6.04 Å². The Labute approximate surface area is 99.4 Å². The molecular weight excluding hydrogens is 222 g/mol. The van der Waals surface area contributed by atoms with E-state index in [9.17, 15) is 4.79 Å². The molecule has 0 radical (unpaired) electrons. The van der Waals surface area contributed by atoms with Crippen LogP contribution in [0.25, 0.3) is 0 Å². The molecule has 16 heavy (non-hydrogen) atoms. The standard InChI is InChI=1S/C11H17N3OS/c12-11(15)10(9-2-7-16-8-9)14-5-1-3-13-4-6-14/h2,7-8,10,13H,1,3-6H2,(H2,12,15). The number of nitrogens with zero attached hydrogens (tertiary/aromatic N) is 1. The van der Waals surface area contributed by atoms with Crippen molar-refractivity contribution in [2.75, 3.05) is 26.2 Å². The lowest BCUT2D eigenvalue weighted by molar-refractivity contribution is -0.123. The molecule has 1 fully saturated rings. The quantitative estimate of drug-likeness (QED) is 0.811. The summed E-state index contributed by atoms with van der Waals surface area (Å²) in [5, 5.41) is 7.32. The molecule has 1 aliphatic rings. The van der Waals surface area contributed by atoms with Crippen molar-refractivity contribution in [1.82, 2.24) is 10.2 Å². The number of nitrogens with one attached hydrogen (secondary N) is 1. The Morgan fingerprint density at radius 3 is 3.06 bits per heavy atom. The molecule has 0 saturated carbocycles. The molecule has 1 unspecified atom stereocenters. The zero-order chi connectivity index (χ0) is 11.4. The van der Waals surface area contributed by atoms with Gasteiger partial charge in [-0.25, -0.2) is 0 Å². The molecule has 88 valence electrons. The molecule has 1 saturated heterocycles. The van der Waals surface area contributed by atoms with E-state index in [0.29, 0.717) is 0 Å². The first-order valence-electron chi connectivity index (χ1n) is 5.55. The van der Waals surface area contributed by atoms with Gasteiger partial charge in [0.25, 0.3) is 0 Å². The van der Waals surface area contributed by atoms with Gasteiger partial charge in [0.05, 0.1) is 0 Å². The van der Waals surface area contributed by atoms with E-state index >= 15 is 0 Å². The fraction of sp³-hybridized carbons (Fsp3) is 0.545. The highest BCUT2D eigenvalue weighted by molar-refractivity contribution is 7.08. The first-order valence-corrected chi connectivity index (χ1v) is 6.49. The maximum atomic E-state index is 11.6. The fourth-order valence-electron chi connectivity index (χ4n) is 2.11. The van der Waals surface area contributed by atoms with Gasteiger partial charge in [0, 0.05) is 19.6 Å². The van der Waals surface area contributed by atoms with Gasteiger partial charge in [-0.3, -0.25) is 9.69 Å². The molecule has 2 rings (SSSR count). The highest BCUT2D eigenvalue weighted by Gasteiger charge is 2.26. The van der Waals surface area contributed by atoms with Crippen LogP contribution in [0, 0.1) is 0 Å². The third-order valence-corrected chi connectivity index (χ3v) is 3.57. The lowest BCUT2D eigenvalue weighted by Crippen LogP contribution is -2.39. The van der Waals surface area contributed by atoms with Crippen LogP contribution in [-0.2, 0) is 4.79 Å². The lowest BCUT2D eigenvalue weighted by Gasteiger charge is -2.27. The van der Waals surface area contributed by atoms with Gasteiger partial charge < -0.3 is 11.1 Å². The van der Waals surface area contributed by atoms with E-state index in [4.69, 9.17) is 5.73 Å². The van der Waals surface area contributed by atoms with Crippen molar-refractivity contribution in [1.29, 1.82) is 0 Å². The molecule has 0 spiro atoms. The van der Waals surface area contributed by atoms with Crippen LogP contribution in [0.4, 0.5) is 0 Å². The third-order valence-electron chi connectivity index (χ3n) is 2.87. The molecule has 2 heterocycles. The number of carbonyl (C=O) groups excluding carboxylic acids is 1. The Balaban J connectivity index is 2.15. The van der Waals surface area contributed by atoms with Crippen molar-refractivity contribution in [2.24, 2.45) is 5.73 Å². The van der Waals surface area contributed by atoms with E-state index in [1.807, 2.05) is 16.8 Å². The topological polar surface area (TPSA) is 58.4 Å². The number of nitrogens with two attached hydrogens (primary N) is 1. The number of primary amides is 1. The van der Waals surface area contributed by atoms with Crippen molar-refractivity contribution in [3.05, 3.63) is 22.4 Å². The van der Waals surface area contributed by atoms with Crippen molar-refractivity contribution < 1.29 is 4.79 Å². The summed E-state index contributed by atoms with van der Waals surface area (Å²) in [5.74, 6) is -0.250. The summed E-state index contributed by atoms with van der Waals surface area (Å²) in [6.45, 7) is 3.75. The largest absolute Gasteiger partial charge is 0.368 e. The average molecular weight is 239 g/mol. The number of thiophene rings is 1. The summed E-state index contributed by atoms with van der Waals surface area (Å²) >= 11 is 1.60. The Bertz CT molecular complexity index is 331. The molecule has 0 aliphatic carbocycles. The number of hydrogen-bond donors (Lipinski definition) is 2. The SMILES string of the molecule is NC(=O)C(c1ccsc1)N1CCCNCC1. The van der Waals surface area contributed by atoms with E-state index < -0.39 is 0 Å². The van der Waals surface area contributed by atoms with Gasteiger partial charge in [-0.15, -0.1) is 0 Å². The maximum Gasteiger partial charge on any atom is 0.239 e. The first kappa shape index (κ1) is 11.6. The monoisotopic (exact) mass is 239 g/mol. The molecule has 1 aromatic heterocycles. The molecule has 1 aliphatic heterocycles. The van der Waals surface area contributed by atoms with Crippen LogP contribution in [0.5, 0.6) is 0 Å². The fourth-order valence-corrected chi connectivity index (χ4v) is 2.79. The van der Waals surface area contributed by atoms with Gasteiger partial charge in [0.15, 0.2) is 0 Å². The van der Waals surface area contributed by atoms with Crippen LogP contribution in [0.1, 0.15) is 18.0 Å². The van der Waals surface area contributed by atoms with Crippen molar-refractivity contribution in [3.8, 4) is 0 Å². The first-order chi connectivity index (χ1) is 7.79. The Morgan fingerprint density at radius 2 is 2.38 bits per heavy atom. The minimum atomic E-state index is -0.258. The second-order valence-electron chi connectivity index (χ2n) is 4.00. The summed E-state index contributed by atoms with van der Waals surface area (Å²) in [6.07, 6.45) is 1.06. The van der Waals surface area contributed by atoms with E-state index in [1.165, 1.54) is 0 Å². The molecule has 5 heteroatoms. The molecular formula is C11H17N3OS. The van der Waals surface area contributed by atoms with Gasteiger partial charge in [-0.1, -0.05) is 0 Å². The summed E-state index contributed by atoms with van der Waals surface area (Å²) in [4.78, 5) is 13.7. The number of carbonyl (C=O) groups is 1. The maximum absolute atomic E-state index is 11.6. The molecule has 4 nitrogen and oxygen atoms in total. The van der Waals surface area contributed by atoms with E-state index in [1.54, 1.807) is 11.3 Å². The van der Waals surface area contributed by atoms with Gasteiger partial charge >= 0.3 is 0 Å². The van der Waals surface area contributed by atoms with Crippen molar-refractivity contribution >= 4 is 17.2 Å². The highest BCUT2D eigenvalue weighted by atomic mass is 32.1. The lowest BCUT2D eigenvalue weighted by atomic mass is 10.1. The van der Waals surface area contributed by atoms with Crippen LogP contribution in [0.3, 0.4) is 0 Å². The average Bonchev–Trinajstić information content (AvgIpc) is 2.62. The Kier molecular flexibility index (Phi) is 3.93. The predicted octanol–water partition coefficient (Wildman–Crippen LogP) is 0.570. The number of amides is 1. The molecule has 0 aromatic carbocycles. The Morgan fingerprint density at radius 1 is 1.50 bits per heavy atom. The Hall–Kier alpha value is -0.910. The summed E-state index contributed by atoms with van der Waals surface area (Å²) in [5.41, 5.74) is 6.54. The van der Waals surface area contributed by atoms with Crippen LogP contribution in [0.2, 0.25) is 0 Å². The van der Waals surface area contributed by atoms with Crippen LogP contribution in [0.15, 0.2) is 16.8 Å². The third kappa shape index (κ3) is 2.61. The molecule has 1 amide bonds. The van der Waals surface area contributed by atoms with Gasteiger partial charge in [-0.05, 0) is 35.4 Å². The second-order valence-corrected chi connectivity index (χ2v) is 4.78. The zero-order valence-electron chi connectivity index (χ0n) is 9.19. The van der Waals surface area contributed by atoms with Gasteiger partial charge in [0.2, 0.25) is 5.91 Å². The molecule has 1 aromatic rings. The van der Waals surface area contributed by atoms with Gasteiger partial charge in [-0.2, -0.15) is 11.3 Å². The van der Waals surface area contributed by atoms with E-state index in [0.717, 1.165) is 38.2 Å². The minimum Gasteiger partial charge on any atom is -0.368 e. The smallest absolute Gasteiger partial charge is 0.239 e. The second kappa shape index (κ2) is 5.43. The number of hydrogen-bond acceptors (Lipinski definition) is 4. The zero-order valence-corrected chi connectivity index (χ0v) is 10.0. The van der Waals surface area contributed by atoms with Crippen LogP contribution >= 0.6 is 11.3 Å². The molecule has 0 bridgehead atoms. The van der Waals surface area contributed by atoms with Crippen molar-refractivity contribution in [2.45, 2.75) is 12.5 Å². The summed E-state index contributed by atoms with van der Waals surface area (Å²) < 4.78 is 0. The van der Waals surface area contributed by atoms with Crippen LogP contribution in [-0.4, -0.2) is 37.0 Å². The van der Waals surface area contributed by atoms with E-state index in [2.05, 4.69) is 10.2 Å². The summed E-state index contributed by atoms with van der Waals surface area (Å²) in [6, 6.07) is 1.73. The van der Waals surface area contributed by atoms with Crippen molar-refractivity contribution in [3.63, 3.8) is 0 Å². The molecule has 1 atom stereocenters. The van der Waals surface area contributed by atoms with Crippen LogP contribution < -0.4 is 11.1 Å².